The highest BCUT2D eigenvalue weighted by molar-refractivity contribution is 9.10. The number of hydrogen-bond acceptors (Lipinski definition) is 1. The number of fused-ring (bicyclic) bond motifs is 1. The van der Waals surface area contributed by atoms with Crippen molar-refractivity contribution in [3.63, 3.8) is 0 Å². The first-order chi connectivity index (χ1) is 5.29. The highest BCUT2D eigenvalue weighted by Crippen LogP contribution is 2.31. The van der Waals surface area contributed by atoms with E-state index in [1.165, 1.54) is 10.1 Å². The van der Waals surface area contributed by atoms with E-state index in [-0.39, 0.29) is 0 Å². The summed E-state index contributed by atoms with van der Waals surface area (Å²) < 4.78 is 2.45. The van der Waals surface area contributed by atoms with Gasteiger partial charge in [-0.05, 0) is 45.2 Å². The smallest absolute Gasteiger partial charge is 0.0487 e. The summed E-state index contributed by atoms with van der Waals surface area (Å²) in [6.07, 6.45) is 0. The Balaban J connectivity index is 2.94. The van der Waals surface area contributed by atoms with Crippen LogP contribution < -0.4 is 0 Å². The molecule has 0 fully saturated rings. The highest BCUT2D eigenvalue weighted by atomic mass is 79.9. The molecule has 0 N–H and O–H groups in total. The summed E-state index contributed by atoms with van der Waals surface area (Å²) in [5, 5.41) is 3.33. The van der Waals surface area contributed by atoms with Crippen molar-refractivity contribution in [3.8, 4) is 0 Å². The van der Waals surface area contributed by atoms with Gasteiger partial charge in [-0.25, -0.2) is 0 Å². The molecule has 0 aliphatic carbocycles. The molecular weight excluding hydrogens is 220 g/mol. The zero-order valence-electron chi connectivity index (χ0n) is 5.80. The lowest BCUT2D eigenvalue weighted by Gasteiger charge is -1.92. The van der Waals surface area contributed by atoms with Crippen LogP contribution in [0, 0.1) is 6.92 Å². The summed E-state index contributed by atoms with van der Waals surface area (Å²) in [6, 6.07) is 6.19. The number of thiophene rings is 1. The molecule has 0 aliphatic heterocycles. The maximum Gasteiger partial charge on any atom is 0.0487 e. The Kier molecular flexibility index (Phi) is 1.74. The van der Waals surface area contributed by atoms with Crippen LogP contribution in [0.25, 0.3) is 10.1 Å². The maximum absolute atomic E-state index is 3.94. The van der Waals surface area contributed by atoms with Gasteiger partial charge in [0.15, 0.2) is 0 Å². The van der Waals surface area contributed by atoms with Crippen LogP contribution in [0.5, 0.6) is 0 Å². The summed E-state index contributed by atoms with van der Waals surface area (Å²) >= 11 is 5.22. The molecule has 0 saturated heterocycles. The van der Waals surface area contributed by atoms with Gasteiger partial charge in [-0.1, -0.05) is 12.1 Å². The molecule has 2 rings (SSSR count). The van der Waals surface area contributed by atoms with Crippen LogP contribution in [-0.2, 0) is 0 Å². The van der Waals surface area contributed by atoms with Crippen molar-refractivity contribution in [1.29, 1.82) is 0 Å². The molecule has 0 unspecified atom stereocenters. The van der Waals surface area contributed by atoms with E-state index < -0.39 is 0 Å². The molecule has 1 aromatic carbocycles. The van der Waals surface area contributed by atoms with E-state index in [0.29, 0.717) is 0 Å². The average molecular weight is 226 g/mol. The monoisotopic (exact) mass is 225 g/mol. The van der Waals surface area contributed by atoms with Crippen LogP contribution in [0.3, 0.4) is 0 Å². The Hall–Kier alpha value is -0.340. The third kappa shape index (κ3) is 1.10. The molecular formula is C9H6BrS. The molecule has 1 aromatic heterocycles. The number of rotatable bonds is 0. The van der Waals surface area contributed by atoms with E-state index in [0.717, 1.165) is 10.0 Å². The van der Waals surface area contributed by atoms with Gasteiger partial charge in [0.05, 0.1) is 0 Å². The van der Waals surface area contributed by atoms with Gasteiger partial charge in [-0.2, -0.15) is 0 Å². The second-order valence-corrected chi connectivity index (χ2v) is 4.11. The molecule has 0 spiro atoms. The third-order valence-electron chi connectivity index (χ3n) is 1.63. The number of hydrogen-bond donors (Lipinski definition) is 0. The van der Waals surface area contributed by atoms with Crippen LogP contribution in [0.15, 0.2) is 28.1 Å². The van der Waals surface area contributed by atoms with Crippen LogP contribution in [-0.4, -0.2) is 0 Å². The predicted octanol–water partition coefficient (Wildman–Crippen LogP) is 3.85. The Morgan fingerprint density at radius 1 is 1.36 bits per heavy atom. The van der Waals surface area contributed by atoms with E-state index in [1.54, 1.807) is 11.3 Å². The van der Waals surface area contributed by atoms with E-state index in [1.807, 2.05) is 6.07 Å². The number of benzene rings is 1. The quantitative estimate of drug-likeness (QED) is 0.640. The van der Waals surface area contributed by atoms with Crippen molar-refractivity contribution in [1.82, 2.24) is 0 Å². The van der Waals surface area contributed by atoms with Crippen LogP contribution in [0.2, 0.25) is 0 Å². The summed E-state index contributed by atoms with van der Waals surface area (Å²) in [5.74, 6) is 0. The fourth-order valence-electron chi connectivity index (χ4n) is 1.08. The molecule has 0 nitrogen and oxygen atoms in total. The first-order valence-electron chi connectivity index (χ1n) is 3.27. The second kappa shape index (κ2) is 2.61. The molecule has 2 heteroatoms. The highest BCUT2D eigenvalue weighted by Gasteiger charge is 2.01. The molecule has 1 heterocycles. The Morgan fingerprint density at radius 2 is 2.18 bits per heavy atom. The van der Waals surface area contributed by atoms with Crippen molar-refractivity contribution in [2.45, 2.75) is 0 Å². The van der Waals surface area contributed by atoms with Crippen molar-refractivity contribution < 1.29 is 0 Å². The van der Waals surface area contributed by atoms with E-state index >= 15 is 0 Å². The van der Waals surface area contributed by atoms with Gasteiger partial charge in [-0.15, -0.1) is 11.3 Å². The van der Waals surface area contributed by atoms with Gasteiger partial charge >= 0.3 is 0 Å². The number of halogens is 1. The zero-order chi connectivity index (χ0) is 7.84. The SMILES string of the molecule is [CH2]c1csc2c(Br)cccc12. The Labute approximate surface area is 78.0 Å². The Bertz CT molecular complexity index is 389. The molecule has 0 bridgehead atoms. The van der Waals surface area contributed by atoms with Gasteiger partial charge in [0.1, 0.15) is 0 Å². The fraction of sp³-hybridized carbons (Fsp3) is 0. The normalized spacial score (nSPS) is 10.7. The third-order valence-corrected chi connectivity index (χ3v) is 3.63. The molecule has 2 aromatic rings. The molecule has 1 radical (unpaired) electrons. The minimum atomic E-state index is 1.12. The van der Waals surface area contributed by atoms with E-state index in [4.69, 9.17) is 0 Å². The van der Waals surface area contributed by atoms with Crippen LogP contribution in [0.1, 0.15) is 5.56 Å². The van der Waals surface area contributed by atoms with Crippen molar-refractivity contribution in [2.75, 3.05) is 0 Å². The average Bonchev–Trinajstić information content (AvgIpc) is 2.35. The van der Waals surface area contributed by atoms with E-state index in [2.05, 4.69) is 40.4 Å². The summed E-state index contributed by atoms with van der Waals surface area (Å²) in [5.41, 5.74) is 1.12. The maximum atomic E-state index is 3.94. The lowest BCUT2D eigenvalue weighted by atomic mass is 10.2. The van der Waals surface area contributed by atoms with Gasteiger partial charge in [0.2, 0.25) is 0 Å². The zero-order valence-corrected chi connectivity index (χ0v) is 8.21. The second-order valence-electron chi connectivity index (χ2n) is 2.38. The van der Waals surface area contributed by atoms with Crippen molar-refractivity contribution in [3.05, 3.63) is 40.5 Å². The van der Waals surface area contributed by atoms with Crippen molar-refractivity contribution >= 4 is 37.4 Å². The topological polar surface area (TPSA) is 0 Å². The predicted molar refractivity (Wildman–Crippen MR) is 54.0 cm³/mol. The Morgan fingerprint density at radius 3 is 2.91 bits per heavy atom. The summed E-state index contributed by atoms with van der Waals surface area (Å²) in [6.45, 7) is 3.94. The standard InChI is InChI=1S/C9H6BrS/c1-6-5-11-9-7(6)3-2-4-8(9)10/h2-5H,1H2. The van der Waals surface area contributed by atoms with Gasteiger partial charge in [0.25, 0.3) is 0 Å². The fourth-order valence-corrected chi connectivity index (χ4v) is 2.62. The van der Waals surface area contributed by atoms with Crippen molar-refractivity contribution in [2.24, 2.45) is 0 Å². The van der Waals surface area contributed by atoms with Gasteiger partial charge in [0, 0.05) is 9.17 Å². The lowest BCUT2D eigenvalue weighted by Crippen LogP contribution is -1.67. The molecule has 0 atom stereocenters. The molecule has 0 aliphatic rings. The molecule has 0 saturated carbocycles. The largest absolute Gasteiger partial charge is 0.142 e. The van der Waals surface area contributed by atoms with Gasteiger partial charge < -0.3 is 0 Å². The lowest BCUT2D eigenvalue weighted by molar-refractivity contribution is 1.76. The van der Waals surface area contributed by atoms with Gasteiger partial charge in [-0.3, -0.25) is 0 Å². The van der Waals surface area contributed by atoms with Crippen LogP contribution in [0.4, 0.5) is 0 Å². The van der Waals surface area contributed by atoms with Crippen LogP contribution >= 0.6 is 27.3 Å². The minimum Gasteiger partial charge on any atom is -0.142 e. The molecule has 55 valence electrons. The first-order valence-corrected chi connectivity index (χ1v) is 4.94. The minimum absolute atomic E-state index is 1.12. The summed E-state index contributed by atoms with van der Waals surface area (Å²) in [4.78, 5) is 0. The first kappa shape index (κ1) is 7.32. The molecule has 11 heavy (non-hydrogen) atoms. The summed E-state index contributed by atoms with van der Waals surface area (Å²) in [7, 11) is 0. The van der Waals surface area contributed by atoms with E-state index in [9.17, 15) is 0 Å². The molecule has 0 amide bonds.